The molecule has 1 aromatic carbocycles. The van der Waals surface area contributed by atoms with Gasteiger partial charge in [-0.05, 0) is 31.2 Å². The largest absolute Gasteiger partial charge is 0.325 e. The minimum absolute atomic E-state index is 0.0793. The number of carbonyl (C=O) groups is 1. The monoisotopic (exact) mass is 352 g/mol. The van der Waals surface area contributed by atoms with E-state index in [9.17, 15) is 9.59 Å². The fourth-order valence-corrected chi connectivity index (χ4v) is 3.95. The Hall–Kier alpha value is -2.67. The molecule has 1 N–H and O–H groups in total. The maximum absolute atomic E-state index is 12.7. The number of hydrogen-bond donors (Lipinski definition) is 1. The molecule has 1 amide bonds. The molecular formula is C18H16N4O2S. The maximum atomic E-state index is 12.7. The molecule has 0 aliphatic carbocycles. The molecule has 0 saturated heterocycles. The number of aromatic nitrogens is 3. The summed E-state index contributed by atoms with van der Waals surface area (Å²) in [4.78, 5) is 33.6. The van der Waals surface area contributed by atoms with Crippen LogP contribution in [0.3, 0.4) is 0 Å². The molecule has 6 nitrogen and oxygen atoms in total. The first kappa shape index (κ1) is 15.8. The number of carbonyl (C=O) groups excluding carboxylic acids is 1. The van der Waals surface area contributed by atoms with Gasteiger partial charge in [0.25, 0.3) is 5.56 Å². The second-order valence-corrected chi connectivity index (χ2v) is 7.00. The van der Waals surface area contributed by atoms with Gasteiger partial charge in [-0.2, -0.15) is 0 Å². The number of thioether (sulfide) groups is 1. The van der Waals surface area contributed by atoms with E-state index in [-0.39, 0.29) is 17.4 Å². The Kier molecular flexibility index (Phi) is 4.01. The van der Waals surface area contributed by atoms with Crippen LogP contribution in [-0.2, 0) is 11.3 Å². The molecule has 0 bridgehead atoms. The van der Waals surface area contributed by atoms with Crippen molar-refractivity contribution < 1.29 is 4.79 Å². The van der Waals surface area contributed by atoms with Crippen molar-refractivity contribution in [2.24, 2.45) is 5.92 Å². The average Bonchev–Trinajstić information content (AvgIpc) is 2.65. The predicted molar refractivity (Wildman–Crippen MR) is 97.8 cm³/mol. The molecule has 2 aromatic heterocycles. The highest BCUT2D eigenvalue weighted by atomic mass is 32.2. The molecule has 1 atom stereocenters. The van der Waals surface area contributed by atoms with Gasteiger partial charge in [0, 0.05) is 35.6 Å². The Morgan fingerprint density at radius 2 is 2.16 bits per heavy atom. The first-order chi connectivity index (χ1) is 12.1. The Balaban J connectivity index is 1.60. The van der Waals surface area contributed by atoms with Gasteiger partial charge in [0.15, 0.2) is 5.16 Å². The smallest absolute Gasteiger partial charge is 0.257 e. The first-order valence-corrected chi connectivity index (χ1v) is 8.96. The van der Waals surface area contributed by atoms with Crippen LogP contribution in [0.2, 0.25) is 0 Å². The Morgan fingerprint density at radius 3 is 3.04 bits per heavy atom. The molecular weight excluding hydrogens is 336 g/mol. The summed E-state index contributed by atoms with van der Waals surface area (Å²) in [5.41, 5.74) is 2.08. The molecule has 25 heavy (non-hydrogen) atoms. The standard InChI is InChI=1S/C18H16N4O2S/c1-11-8-20-18-22(17(11)24)9-12(10-25-18)16(23)21-15-6-2-5-14-13(15)4-3-7-19-14/h2-8,12H,9-10H2,1H3,(H,21,23). The van der Waals surface area contributed by atoms with Crippen molar-refractivity contribution in [2.75, 3.05) is 11.1 Å². The van der Waals surface area contributed by atoms with Crippen molar-refractivity contribution >= 4 is 34.3 Å². The van der Waals surface area contributed by atoms with Crippen LogP contribution >= 0.6 is 11.8 Å². The van der Waals surface area contributed by atoms with E-state index in [2.05, 4.69) is 15.3 Å². The lowest BCUT2D eigenvalue weighted by atomic mass is 10.1. The minimum Gasteiger partial charge on any atom is -0.325 e. The lowest BCUT2D eigenvalue weighted by molar-refractivity contribution is -0.119. The highest BCUT2D eigenvalue weighted by Crippen LogP contribution is 2.27. The topological polar surface area (TPSA) is 76.9 Å². The van der Waals surface area contributed by atoms with Crippen LogP contribution < -0.4 is 10.9 Å². The van der Waals surface area contributed by atoms with Gasteiger partial charge >= 0.3 is 0 Å². The van der Waals surface area contributed by atoms with E-state index in [1.54, 1.807) is 23.9 Å². The van der Waals surface area contributed by atoms with Gasteiger partial charge in [0.05, 0.1) is 17.1 Å². The van der Waals surface area contributed by atoms with Gasteiger partial charge in [0.2, 0.25) is 5.91 Å². The highest BCUT2D eigenvalue weighted by Gasteiger charge is 2.27. The van der Waals surface area contributed by atoms with Crippen molar-refractivity contribution in [2.45, 2.75) is 18.6 Å². The lowest BCUT2D eigenvalue weighted by Gasteiger charge is -2.24. The molecule has 1 aliphatic heterocycles. The number of benzene rings is 1. The SMILES string of the molecule is Cc1cnc2n(c1=O)CC(C(=O)Nc1cccc3ncccc13)CS2. The number of nitrogens with zero attached hydrogens (tertiary/aromatic N) is 3. The number of hydrogen-bond acceptors (Lipinski definition) is 5. The van der Waals surface area contributed by atoms with E-state index in [1.807, 2.05) is 30.3 Å². The zero-order valence-electron chi connectivity index (χ0n) is 13.6. The molecule has 0 spiro atoms. The molecule has 7 heteroatoms. The van der Waals surface area contributed by atoms with Gasteiger partial charge in [-0.25, -0.2) is 4.98 Å². The van der Waals surface area contributed by atoms with Crippen molar-refractivity contribution in [1.82, 2.24) is 14.5 Å². The van der Waals surface area contributed by atoms with Crippen LogP contribution in [0.25, 0.3) is 10.9 Å². The molecule has 0 fully saturated rings. The van der Waals surface area contributed by atoms with Gasteiger partial charge in [-0.1, -0.05) is 17.8 Å². The maximum Gasteiger partial charge on any atom is 0.257 e. The van der Waals surface area contributed by atoms with Crippen LogP contribution in [0.15, 0.2) is 52.7 Å². The minimum atomic E-state index is -0.286. The van der Waals surface area contributed by atoms with Gasteiger partial charge in [-0.15, -0.1) is 0 Å². The van der Waals surface area contributed by atoms with Crippen molar-refractivity contribution in [1.29, 1.82) is 0 Å². The summed E-state index contributed by atoms with van der Waals surface area (Å²) < 4.78 is 1.60. The van der Waals surface area contributed by atoms with E-state index >= 15 is 0 Å². The van der Waals surface area contributed by atoms with Crippen molar-refractivity contribution in [3.63, 3.8) is 0 Å². The quantitative estimate of drug-likeness (QED) is 0.717. The second kappa shape index (κ2) is 6.33. The number of anilines is 1. The van der Waals surface area contributed by atoms with E-state index in [1.165, 1.54) is 11.8 Å². The molecule has 1 unspecified atom stereocenters. The molecule has 4 rings (SSSR count). The zero-order valence-corrected chi connectivity index (χ0v) is 14.4. The number of aryl methyl sites for hydroxylation is 1. The number of nitrogens with one attached hydrogen (secondary N) is 1. The average molecular weight is 352 g/mol. The Morgan fingerprint density at radius 1 is 1.28 bits per heavy atom. The summed E-state index contributed by atoms with van der Waals surface area (Å²) in [6.45, 7) is 2.09. The molecule has 3 aromatic rings. The van der Waals surface area contributed by atoms with E-state index in [0.717, 1.165) is 16.6 Å². The predicted octanol–water partition coefficient (Wildman–Crippen LogP) is 2.46. The van der Waals surface area contributed by atoms with Crippen LogP contribution in [0.4, 0.5) is 5.69 Å². The highest BCUT2D eigenvalue weighted by molar-refractivity contribution is 7.99. The number of rotatable bonds is 2. The van der Waals surface area contributed by atoms with Gasteiger partial charge in [0.1, 0.15) is 0 Å². The van der Waals surface area contributed by atoms with Crippen molar-refractivity contribution in [3.05, 3.63) is 58.6 Å². The molecule has 0 saturated carbocycles. The van der Waals surface area contributed by atoms with Gasteiger partial charge < -0.3 is 5.32 Å². The summed E-state index contributed by atoms with van der Waals surface area (Å²) in [5, 5.41) is 4.57. The normalized spacial score (nSPS) is 16.4. The molecule has 126 valence electrons. The molecule has 0 radical (unpaired) electrons. The third-order valence-corrected chi connectivity index (χ3v) is 5.43. The second-order valence-electron chi connectivity index (χ2n) is 6.01. The number of amides is 1. The third-order valence-electron chi connectivity index (χ3n) is 4.27. The fraction of sp³-hybridized carbons (Fsp3) is 0.222. The lowest BCUT2D eigenvalue weighted by Crippen LogP contribution is -2.37. The van der Waals surface area contributed by atoms with Crippen LogP contribution in [0, 0.1) is 12.8 Å². The van der Waals surface area contributed by atoms with Crippen LogP contribution in [0.5, 0.6) is 0 Å². The third kappa shape index (κ3) is 2.91. The Bertz CT molecular complexity index is 1030. The summed E-state index contributed by atoms with van der Waals surface area (Å²) in [5.74, 6) is 0.221. The molecule has 1 aliphatic rings. The summed E-state index contributed by atoms with van der Waals surface area (Å²) in [6.07, 6.45) is 3.31. The summed E-state index contributed by atoms with van der Waals surface area (Å²) >= 11 is 1.44. The fourth-order valence-electron chi connectivity index (χ4n) is 2.91. The zero-order chi connectivity index (χ0) is 17.4. The number of fused-ring (bicyclic) bond motifs is 2. The van der Waals surface area contributed by atoms with Crippen LogP contribution in [0.1, 0.15) is 5.56 Å². The molecule has 3 heterocycles. The number of pyridine rings is 1. The van der Waals surface area contributed by atoms with Crippen molar-refractivity contribution in [3.8, 4) is 0 Å². The van der Waals surface area contributed by atoms with Gasteiger partial charge in [-0.3, -0.25) is 19.1 Å². The van der Waals surface area contributed by atoms with E-state index in [4.69, 9.17) is 0 Å². The summed E-state index contributed by atoms with van der Waals surface area (Å²) in [6, 6.07) is 9.42. The first-order valence-electron chi connectivity index (χ1n) is 7.97. The Labute approximate surface area is 148 Å². The summed E-state index contributed by atoms with van der Waals surface area (Å²) in [7, 11) is 0. The van der Waals surface area contributed by atoms with E-state index in [0.29, 0.717) is 23.0 Å². The van der Waals surface area contributed by atoms with E-state index < -0.39 is 0 Å². The van der Waals surface area contributed by atoms with Crippen LogP contribution in [-0.4, -0.2) is 26.2 Å².